The molecule has 1 nitrogen and oxygen atoms in total. The molecule has 0 aliphatic carbocycles. The van der Waals surface area contributed by atoms with E-state index in [-0.39, 0.29) is 0 Å². The van der Waals surface area contributed by atoms with E-state index in [9.17, 15) is 0 Å². The highest BCUT2D eigenvalue weighted by atomic mass is 15.2. The van der Waals surface area contributed by atoms with E-state index in [1.54, 1.807) is 0 Å². The number of hydrogen-bond acceptors (Lipinski definition) is 1. The standard InChI is InChI=1S/C11H23N/c1-9(2)5-7-11-8-6-10(3)12(11)4/h9-11H,5-8H2,1-4H3/t10-,11?/m0/s1. The summed E-state index contributed by atoms with van der Waals surface area (Å²) in [6, 6.07) is 1.70. The first kappa shape index (κ1) is 10.0. The molecule has 0 N–H and O–H groups in total. The molecule has 0 aromatic heterocycles. The molecular weight excluding hydrogens is 146 g/mol. The fourth-order valence-electron chi connectivity index (χ4n) is 2.07. The van der Waals surface area contributed by atoms with Crippen molar-refractivity contribution < 1.29 is 0 Å². The van der Waals surface area contributed by atoms with Gasteiger partial charge in [0.2, 0.25) is 0 Å². The van der Waals surface area contributed by atoms with E-state index in [0.717, 1.165) is 18.0 Å². The number of likely N-dealkylation sites (tertiary alicyclic amines) is 1. The van der Waals surface area contributed by atoms with Crippen LogP contribution in [0.25, 0.3) is 0 Å². The Bertz CT molecular complexity index is 131. The lowest BCUT2D eigenvalue weighted by Gasteiger charge is -2.23. The van der Waals surface area contributed by atoms with Crippen LogP contribution in [0, 0.1) is 5.92 Å². The van der Waals surface area contributed by atoms with Crippen LogP contribution in [0.15, 0.2) is 0 Å². The van der Waals surface area contributed by atoms with Crippen LogP contribution in [0.2, 0.25) is 0 Å². The lowest BCUT2D eigenvalue weighted by Crippen LogP contribution is -2.30. The molecule has 0 radical (unpaired) electrons. The summed E-state index contributed by atoms with van der Waals surface area (Å²) in [5, 5.41) is 0. The third-order valence-corrected chi connectivity index (χ3v) is 3.27. The summed E-state index contributed by atoms with van der Waals surface area (Å²) in [4.78, 5) is 2.56. The van der Waals surface area contributed by atoms with E-state index in [4.69, 9.17) is 0 Å². The van der Waals surface area contributed by atoms with Gasteiger partial charge in [-0.25, -0.2) is 0 Å². The average molecular weight is 169 g/mol. The predicted octanol–water partition coefficient (Wildman–Crippen LogP) is 2.91. The number of rotatable bonds is 3. The van der Waals surface area contributed by atoms with Crippen LogP contribution in [0.3, 0.4) is 0 Å². The Morgan fingerprint density at radius 3 is 2.42 bits per heavy atom. The second kappa shape index (κ2) is 4.27. The summed E-state index contributed by atoms with van der Waals surface area (Å²) < 4.78 is 0. The maximum atomic E-state index is 2.56. The lowest BCUT2D eigenvalue weighted by molar-refractivity contribution is 0.234. The minimum absolute atomic E-state index is 0.821. The summed E-state index contributed by atoms with van der Waals surface area (Å²) in [6.07, 6.45) is 5.61. The molecule has 1 aliphatic rings. The van der Waals surface area contributed by atoms with Gasteiger partial charge in [0, 0.05) is 12.1 Å². The molecule has 1 saturated heterocycles. The van der Waals surface area contributed by atoms with Crippen LogP contribution < -0.4 is 0 Å². The van der Waals surface area contributed by atoms with Crippen LogP contribution in [-0.2, 0) is 0 Å². The van der Waals surface area contributed by atoms with Gasteiger partial charge in [-0.05, 0) is 45.6 Å². The summed E-state index contributed by atoms with van der Waals surface area (Å²) in [7, 11) is 2.28. The zero-order valence-electron chi connectivity index (χ0n) is 9.01. The van der Waals surface area contributed by atoms with Crippen LogP contribution in [0.4, 0.5) is 0 Å². The van der Waals surface area contributed by atoms with Gasteiger partial charge >= 0.3 is 0 Å². The lowest BCUT2D eigenvalue weighted by atomic mass is 10.0. The second-order valence-corrected chi connectivity index (χ2v) is 4.72. The third kappa shape index (κ3) is 2.48. The summed E-state index contributed by atoms with van der Waals surface area (Å²) in [5.41, 5.74) is 0. The van der Waals surface area contributed by atoms with Gasteiger partial charge in [0.25, 0.3) is 0 Å². The minimum Gasteiger partial charge on any atom is -0.301 e. The molecule has 0 saturated carbocycles. The fourth-order valence-corrected chi connectivity index (χ4v) is 2.07. The molecule has 0 bridgehead atoms. The van der Waals surface area contributed by atoms with Crippen molar-refractivity contribution in [3.63, 3.8) is 0 Å². The molecule has 1 heteroatoms. The largest absolute Gasteiger partial charge is 0.301 e. The van der Waals surface area contributed by atoms with Crippen molar-refractivity contribution in [2.45, 2.75) is 58.5 Å². The molecule has 0 amide bonds. The maximum absolute atomic E-state index is 2.56. The van der Waals surface area contributed by atoms with Crippen LogP contribution >= 0.6 is 0 Å². The summed E-state index contributed by atoms with van der Waals surface area (Å²) >= 11 is 0. The van der Waals surface area contributed by atoms with Gasteiger partial charge in [-0.3, -0.25) is 0 Å². The topological polar surface area (TPSA) is 3.24 Å². The van der Waals surface area contributed by atoms with Crippen molar-refractivity contribution in [3.05, 3.63) is 0 Å². The highest BCUT2D eigenvalue weighted by Gasteiger charge is 2.26. The van der Waals surface area contributed by atoms with Crippen LogP contribution in [0.5, 0.6) is 0 Å². The molecule has 1 aliphatic heterocycles. The highest BCUT2D eigenvalue weighted by Crippen LogP contribution is 2.25. The molecule has 2 atom stereocenters. The van der Waals surface area contributed by atoms with Crippen molar-refractivity contribution >= 4 is 0 Å². The van der Waals surface area contributed by atoms with Gasteiger partial charge in [0.15, 0.2) is 0 Å². The zero-order chi connectivity index (χ0) is 9.14. The minimum atomic E-state index is 0.821. The van der Waals surface area contributed by atoms with Crippen molar-refractivity contribution in [3.8, 4) is 0 Å². The van der Waals surface area contributed by atoms with Crippen molar-refractivity contribution in [2.75, 3.05) is 7.05 Å². The van der Waals surface area contributed by atoms with Gasteiger partial charge in [0.05, 0.1) is 0 Å². The molecule has 0 aromatic carbocycles. The molecule has 0 aromatic rings. The molecule has 72 valence electrons. The maximum Gasteiger partial charge on any atom is 0.00957 e. The summed E-state index contributed by atoms with van der Waals surface area (Å²) in [5.74, 6) is 0.870. The SMILES string of the molecule is CC(C)CCC1CC[C@H](C)N1C. The molecule has 0 spiro atoms. The van der Waals surface area contributed by atoms with E-state index < -0.39 is 0 Å². The van der Waals surface area contributed by atoms with Gasteiger partial charge in [-0.2, -0.15) is 0 Å². The Morgan fingerprint density at radius 2 is 2.00 bits per heavy atom. The zero-order valence-corrected chi connectivity index (χ0v) is 9.01. The first-order valence-electron chi connectivity index (χ1n) is 5.33. The van der Waals surface area contributed by atoms with E-state index in [2.05, 4.69) is 32.7 Å². The molecule has 1 rings (SSSR count). The van der Waals surface area contributed by atoms with Gasteiger partial charge < -0.3 is 4.90 Å². The second-order valence-electron chi connectivity index (χ2n) is 4.72. The quantitative estimate of drug-likeness (QED) is 0.628. The first-order chi connectivity index (χ1) is 5.61. The number of nitrogens with zero attached hydrogens (tertiary/aromatic N) is 1. The first-order valence-corrected chi connectivity index (χ1v) is 5.33. The molecule has 1 fully saturated rings. The van der Waals surface area contributed by atoms with E-state index in [0.29, 0.717) is 0 Å². The van der Waals surface area contributed by atoms with Gasteiger partial charge in [0.1, 0.15) is 0 Å². The van der Waals surface area contributed by atoms with Gasteiger partial charge in [-0.1, -0.05) is 13.8 Å². The normalized spacial score (nSPS) is 31.8. The van der Waals surface area contributed by atoms with Crippen molar-refractivity contribution in [1.82, 2.24) is 4.90 Å². The summed E-state index contributed by atoms with van der Waals surface area (Å²) in [6.45, 7) is 6.98. The van der Waals surface area contributed by atoms with Crippen molar-refractivity contribution in [2.24, 2.45) is 5.92 Å². The molecule has 1 heterocycles. The molecule has 12 heavy (non-hydrogen) atoms. The number of hydrogen-bond donors (Lipinski definition) is 0. The Kier molecular flexibility index (Phi) is 3.57. The predicted molar refractivity (Wildman–Crippen MR) is 54.3 cm³/mol. The fraction of sp³-hybridized carbons (Fsp3) is 1.00. The van der Waals surface area contributed by atoms with E-state index in [1.165, 1.54) is 25.7 Å². The smallest absolute Gasteiger partial charge is 0.00957 e. The highest BCUT2D eigenvalue weighted by molar-refractivity contribution is 4.82. The molecular formula is C11H23N. The van der Waals surface area contributed by atoms with Crippen LogP contribution in [0.1, 0.15) is 46.5 Å². The van der Waals surface area contributed by atoms with Crippen molar-refractivity contribution in [1.29, 1.82) is 0 Å². The Hall–Kier alpha value is -0.0400. The third-order valence-electron chi connectivity index (χ3n) is 3.27. The average Bonchev–Trinajstić information content (AvgIpc) is 2.30. The van der Waals surface area contributed by atoms with E-state index >= 15 is 0 Å². The van der Waals surface area contributed by atoms with Crippen LogP contribution in [-0.4, -0.2) is 24.0 Å². The van der Waals surface area contributed by atoms with E-state index in [1.807, 2.05) is 0 Å². The van der Waals surface area contributed by atoms with Gasteiger partial charge in [-0.15, -0.1) is 0 Å². The Morgan fingerprint density at radius 1 is 1.33 bits per heavy atom. The monoisotopic (exact) mass is 169 g/mol. The Labute approximate surface area is 77.1 Å². The molecule has 1 unspecified atom stereocenters. The Balaban J connectivity index is 2.24.